The van der Waals surface area contributed by atoms with Gasteiger partial charge in [0, 0.05) is 42.9 Å². The highest BCUT2D eigenvalue weighted by molar-refractivity contribution is 5.90. The van der Waals surface area contributed by atoms with Gasteiger partial charge in [0.05, 0.1) is 11.5 Å². The van der Waals surface area contributed by atoms with Crippen LogP contribution in [0.2, 0.25) is 0 Å². The van der Waals surface area contributed by atoms with Crippen molar-refractivity contribution in [2.45, 2.75) is 19.8 Å². The van der Waals surface area contributed by atoms with Crippen LogP contribution in [0.25, 0.3) is 0 Å². The first-order valence-electron chi connectivity index (χ1n) is 7.38. The zero-order valence-corrected chi connectivity index (χ0v) is 12.5. The molecule has 1 unspecified atom stereocenters. The minimum Gasteiger partial charge on any atom is -0.381 e. The van der Waals surface area contributed by atoms with Crippen molar-refractivity contribution in [3.8, 4) is 0 Å². The lowest BCUT2D eigenvalue weighted by molar-refractivity contribution is -0.384. The Hall–Kier alpha value is -2.15. The van der Waals surface area contributed by atoms with E-state index in [1.165, 1.54) is 12.1 Å². The van der Waals surface area contributed by atoms with Gasteiger partial charge in [-0.15, -0.1) is 0 Å². The van der Waals surface area contributed by atoms with Crippen LogP contribution in [0.1, 0.15) is 18.4 Å². The summed E-state index contributed by atoms with van der Waals surface area (Å²) in [6.45, 7) is 4.69. The third-order valence-corrected chi connectivity index (χ3v) is 4.57. The average Bonchev–Trinajstić information content (AvgIpc) is 3.11. The number of carbonyl (C=O) groups excluding carboxylic acids is 1. The molecule has 3 rings (SSSR count). The molecule has 2 fully saturated rings. The molecule has 1 aromatic carbocycles. The quantitative estimate of drug-likeness (QED) is 0.672. The number of amides is 2. The standard InChI is InChI=1S/C15H19N3O4/c1-11-8-12(18(20)21)2-3-13(11)16-14(19)17-6-4-15(9-17)5-7-22-10-15/h2-3,8H,4-7,9-10H2,1H3,(H,16,19). The number of aryl methyl sites for hydroxylation is 1. The third-order valence-electron chi connectivity index (χ3n) is 4.57. The van der Waals surface area contributed by atoms with Crippen molar-refractivity contribution in [2.24, 2.45) is 5.41 Å². The van der Waals surface area contributed by atoms with Gasteiger partial charge >= 0.3 is 6.03 Å². The molecule has 2 aliphatic rings. The fraction of sp³-hybridized carbons (Fsp3) is 0.533. The smallest absolute Gasteiger partial charge is 0.321 e. The van der Waals surface area contributed by atoms with E-state index in [2.05, 4.69) is 5.32 Å². The summed E-state index contributed by atoms with van der Waals surface area (Å²) in [4.78, 5) is 24.5. The number of benzene rings is 1. The first-order valence-corrected chi connectivity index (χ1v) is 7.38. The largest absolute Gasteiger partial charge is 0.381 e. The molecule has 2 saturated heterocycles. The number of hydrogen-bond acceptors (Lipinski definition) is 4. The highest BCUT2D eigenvalue weighted by atomic mass is 16.6. The van der Waals surface area contributed by atoms with Crippen LogP contribution in [0.3, 0.4) is 0 Å². The zero-order valence-electron chi connectivity index (χ0n) is 12.5. The second-order valence-corrected chi connectivity index (χ2v) is 6.16. The molecule has 0 aliphatic carbocycles. The fourth-order valence-corrected chi connectivity index (χ4v) is 3.18. The predicted octanol–water partition coefficient (Wildman–Crippen LogP) is 2.55. The summed E-state index contributed by atoms with van der Waals surface area (Å²) in [5.41, 5.74) is 1.45. The van der Waals surface area contributed by atoms with E-state index in [4.69, 9.17) is 4.74 Å². The van der Waals surface area contributed by atoms with Gasteiger partial charge in [-0.25, -0.2) is 4.79 Å². The van der Waals surface area contributed by atoms with E-state index in [1.54, 1.807) is 17.9 Å². The van der Waals surface area contributed by atoms with Gasteiger partial charge in [-0.2, -0.15) is 0 Å². The highest BCUT2D eigenvalue weighted by Crippen LogP contribution is 2.38. The third kappa shape index (κ3) is 2.76. The van der Waals surface area contributed by atoms with E-state index >= 15 is 0 Å². The van der Waals surface area contributed by atoms with Gasteiger partial charge < -0.3 is 15.0 Å². The van der Waals surface area contributed by atoms with Crippen molar-refractivity contribution in [1.82, 2.24) is 4.90 Å². The van der Waals surface area contributed by atoms with E-state index in [9.17, 15) is 14.9 Å². The number of rotatable bonds is 2. The summed E-state index contributed by atoms with van der Waals surface area (Å²) in [6, 6.07) is 4.29. The molecule has 118 valence electrons. The number of non-ortho nitro benzene ring substituents is 1. The maximum atomic E-state index is 12.4. The van der Waals surface area contributed by atoms with E-state index in [1.807, 2.05) is 0 Å². The van der Waals surface area contributed by atoms with Crippen LogP contribution in [0, 0.1) is 22.5 Å². The topological polar surface area (TPSA) is 84.7 Å². The van der Waals surface area contributed by atoms with Crippen LogP contribution in [0.4, 0.5) is 16.2 Å². The van der Waals surface area contributed by atoms with Gasteiger partial charge in [0.1, 0.15) is 0 Å². The van der Waals surface area contributed by atoms with Crippen molar-refractivity contribution in [1.29, 1.82) is 0 Å². The highest BCUT2D eigenvalue weighted by Gasteiger charge is 2.42. The monoisotopic (exact) mass is 305 g/mol. The Morgan fingerprint density at radius 2 is 2.27 bits per heavy atom. The molecule has 0 saturated carbocycles. The molecule has 2 heterocycles. The van der Waals surface area contributed by atoms with Crippen molar-refractivity contribution >= 4 is 17.4 Å². The molecule has 1 spiro atoms. The van der Waals surface area contributed by atoms with Crippen LogP contribution >= 0.6 is 0 Å². The second kappa shape index (κ2) is 5.57. The van der Waals surface area contributed by atoms with E-state index in [0.717, 1.165) is 32.6 Å². The fourth-order valence-electron chi connectivity index (χ4n) is 3.18. The molecule has 1 atom stereocenters. The Bertz CT molecular complexity index is 611. The number of carbonyl (C=O) groups is 1. The lowest BCUT2D eigenvalue weighted by atomic mass is 9.87. The molecule has 22 heavy (non-hydrogen) atoms. The molecule has 7 nitrogen and oxygen atoms in total. The Morgan fingerprint density at radius 1 is 1.45 bits per heavy atom. The van der Waals surface area contributed by atoms with Gasteiger partial charge in [-0.05, 0) is 31.4 Å². The molecule has 0 bridgehead atoms. The zero-order chi connectivity index (χ0) is 15.7. The molecule has 2 aliphatic heterocycles. The van der Waals surface area contributed by atoms with Crippen molar-refractivity contribution in [3.05, 3.63) is 33.9 Å². The number of hydrogen-bond donors (Lipinski definition) is 1. The number of nitro benzene ring substituents is 1. The average molecular weight is 305 g/mol. The summed E-state index contributed by atoms with van der Waals surface area (Å²) in [7, 11) is 0. The lowest BCUT2D eigenvalue weighted by Gasteiger charge is -2.22. The molecule has 1 aromatic rings. The summed E-state index contributed by atoms with van der Waals surface area (Å²) < 4.78 is 5.46. The summed E-state index contributed by atoms with van der Waals surface area (Å²) in [6.07, 6.45) is 1.98. The summed E-state index contributed by atoms with van der Waals surface area (Å²) >= 11 is 0. The lowest BCUT2D eigenvalue weighted by Crippen LogP contribution is -2.35. The predicted molar refractivity (Wildman–Crippen MR) is 80.9 cm³/mol. The molecule has 0 aromatic heterocycles. The van der Waals surface area contributed by atoms with Crippen molar-refractivity contribution in [2.75, 3.05) is 31.6 Å². The number of ether oxygens (including phenoxy) is 1. The number of anilines is 1. The summed E-state index contributed by atoms with van der Waals surface area (Å²) in [5.74, 6) is 0. The van der Waals surface area contributed by atoms with Gasteiger partial charge in [0.25, 0.3) is 5.69 Å². The number of urea groups is 1. The van der Waals surface area contributed by atoms with Crippen LogP contribution in [0.15, 0.2) is 18.2 Å². The van der Waals surface area contributed by atoms with Crippen molar-refractivity contribution in [3.63, 3.8) is 0 Å². The Balaban J connectivity index is 1.66. The molecule has 0 radical (unpaired) electrons. The van der Waals surface area contributed by atoms with Crippen LogP contribution in [0.5, 0.6) is 0 Å². The number of nitrogens with one attached hydrogen (secondary N) is 1. The Labute approximate surface area is 128 Å². The summed E-state index contributed by atoms with van der Waals surface area (Å²) in [5, 5.41) is 13.6. The van der Waals surface area contributed by atoms with E-state index in [-0.39, 0.29) is 17.1 Å². The van der Waals surface area contributed by atoms with Crippen molar-refractivity contribution < 1.29 is 14.5 Å². The van der Waals surface area contributed by atoms with Crippen LogP contribution < -0.4 is 5.32 Å². The van der Waals surface area contributed by atoms with Crippen LogP contribution in [-0.2, 0) is 4.74 Å². The first kappa shape index (κ1) is 14.8. The minimum absolute atomic E-state index is 0.0266. The normalized spacial score (nSPS) is 24.0. The molecule has 7 heteroatoms. The maximum Gasteiger partial charge on any atom is 0.321 e. The van der Waals surface area contributed by atoms with Gasteiger partial charge in [-0.1, -0.05) is 0 Å². The van der Waals surface area contributed by atoms with E-state index in [0.29, 0.717) is 17.8 Å². The van der Waals surface area contributed by atoms with Gasteiger partial charge in [-0.3, -0.25) is 10.1 Å². The maximum absolute atomic E-state index is 12.4. The Kier molecular flexibility index (Phi) is 3.74. The second-order valence-electron chi connectivity index (χ2n) is 6.16. The molecule has 2 amide bonds. The number of likely N-dealkylation sites (tertiary alicyclic amines) is 1. The molecule has 1 N–H and O–H groups in total. The Morgan fingerprint density at radius 3 is 2.91 bits per heavy atom. The molecular formula is C15H19N3O4. The first-order chi connectivity index (χ1) is 10.5. The number of nitro groups is 1. The van der Waals surface area contributed by atoms with E-state index < -0.39 is 4.92 Å². The number of nitrogens with zero attached hydrogens (tertiary/aromatic N) is 2. The minimum atomic E-state index is -0.442. The van der Waals surface area contributed by atoms with Gasteiger partial charge in [0.15, 0.2) is 0 Å². The molecular weight excluding hydrogens is 286 g/mol. The van der Waals surface area contributed by atoms with Crippen LogP contribution in [-0.4, -0.2) is 42.2 Å². The van der Waals surface area contributed by atoms with Gasteiger partial charge in [0.2, 0.25) is 0 Å². The SMILES string of the molecule is Cc1cc([N+](=O)[O-])ccc1NC(=O)N1CCC2(CCOC2)C1.